The zero-order valence-electron chi connectivity index (χ0n) is 12.1. The van der Waals surface area contributed by atoms with E-state index in [-0.39, 0.29) is 11.3 Å². The summed E-state index contributed by atoms with van der Waals surface area (Å²) in [7, 11) is -0.690. The van der Waals surface area contributed by atoms with Crippen LogP contribution in [0.25, 0.3) is 0 Å². The number of esters is 1. The van der Waals surface area contributed by atoms with Gasteiger partial charge in [0.05, 0.1) is 24.1 Å². The maximum absolute atomic E-state index is 12.2. The van der Waals surface area contributed by atoms with Crippen LogP contribution < -0.4 is 4.31 Å². The number of hydrogen-bond donors (Lipinski definition) is 0. The molecule has 0 aliphatic carbocycles. The summed E-state index contributed by atoms with van der Waals surface area (Å²) in [4.78, 5) is 11.7. The van der Waals surface area contributed by atoms with Crippen molar-refractivity contribution < 1.29 is 17.9 Å². The number of sulfonamides is 1. The minimum absolute atomic E-state index is 0.0762. The molecular weight excluding hydrogens is 278 g/mol. The van der Waals surface area contributed by atoms with Crippen LogP contribution in [0.4, 0.5) is 5.69 Å². The summed E-state index contributed by atoms with van der Waals surface area (Å²) in [5.41, 5.74) is 0.590. The first kappa shape index (κ1) is 16.5. The van der Waals surface area contributed by atoms with Gasteiger partial charge >= 0.3 is 5.97 Å². The fraction of sp³-hybridized carbons (Fsp3) is 0.500. The molecule has 0 unspecified atom stereocenters. The van der Waals surface area contributed by atoms with Crippen LogP contribution in [0.5, 0.6) is 0 Å². The van der Waals surface area contributed by atoms with E-state index in [1.165, 1.54) is 14.2 Å². The molecule has 0 aliphatic rings. The number of hydrogen-bond acceptors (Lipinski definition) is 4. The number of nitrogens with zero attached hydrogens (tertiary/aromatic N) is 1. The van der Waals surface area contributed by atoms with Gasteiger partial charge in [0.15, 0.2) is 0 Å². The number of para-hydroxylation sites is 1. The van der Waals surface area contributed by atoms with Crippen molar-refractivity contribution in [2.24, 2.45) is 0 Å². The highest BCUT2D eigenvalue weighted by atomic mass is 32.2. The van der Waals surface area contributed by atoms with Gasteiger partial charge in [-0.05, 0) is 18.6 Å². The summed E-state index contributed by atoms with van der Waals surface area (Å²) >= 11 is 0. The minimum atomic E-state index is -3.42. The molecule has 20 heavy (non-hydrogen) atoms. The number of benzene rings is 1. The third kappa shape index (κ3) is 3.96. The van der Waals surface area contributed by atoms with Crippen molar-refractivity contribution in [1.82, 2.24) is 0 Å². The molecule has 6 heteroatoms. The fourth-order valence-corrected chi connectivity index (χ4v) is 3.15. The quantitative estimate of drug-likeness (QED) is 0.573. The molecule has 0 radical (unpaired) electrons. The average molecular weight is 299 g/mol. The van der Waals surface area contributed by atoms with Crippen LogP contribution in [0.15, 0.2) is 24.3 Å². The second-order valence-electron chi connectivity index (χ2n) is 4.50. The van der Waals surface area contributed by atoms with Gasteiger partial charge in [0.1, 0.15) is 0 Å². The normalized spacial score (nSPS) is 11.2. The zero-order chi connectivity index (χ0) is 15.2. The van der Waals surface area contributed by atoms with E-state index in [2.05, 4.69) is 4.74 Å². The molecule has 0 spiro atoms. The summed E-state index contributed by atoms with van der Waals surface area (Å²) in [6.45, 7) is 2.02. The molecule has 0 aromatic heterocycles. The van der Waals surface area contributed by atoms with Gasteiger partial charge in [0.2, 0.25) is 10.0 Å². The molecule has 1 aromatic rings. The molecule has 0 heterocycles. The number of anilines is 1. The number of carbonyl (C=O) groups is 1. The summed E-state index contributed by atoms with van der Waals surface area (Å²) in [5.74, 6) is -0.469. The largest absolute Gasteiger partial charge is 0.465 e. The maximum atomic E-state index is 12.2. The molecule has 0 aliphatic heterocycles. The van der Waals surface area contributed by atoms with E-state index in [0.717, 1.165) is 17.1 Å². The Hall–Kier alpha value is -1.56. The first-order chi connectivity index (χ1) is 9.44. The monoisotopic (exact) mass is 299 g/mol. The molecule has 0 saturated carbocycles. The fourth-order valence-electron chi connectivity index (χ4n) is 1.85. The van der Waals surface area contributed by atoms with Gasteiger partial charge in [0.25, 0.3) is 0 Å². The zero-order valence-corrected chi connectivity index (χ0v) is 12.9. The average Bonchev–Trinajstić information content (AvgIpc) is 2.45. The number of carbonyl (C=O) groups excluding carboxylic acids is 1. The van der Waals surface area contributed by atoms with E-state index in [9.17, 15) is 13.2 Å². The summed E-state index contributed by atoms with van der Waals surface area (Å²) in [6.07, 6.45) is 2.44. The lowest BCUT2D eigenvalue weighted by Gasteiger charge is -2.21. The Morgan fingerprint density at radius 1 is 1.25 bits per heavy atom. The number of methoxy groups -OCH3 is 1. The van der Waals surface area contributed by atoms with Gasteiger partial charge in [-0.15, -0.1) is 0 Å². The summed E-state index contributed by atoms with van der Waals surface area (Å²) in [5, 5.41) is 0. The Labute approximate surface area is 120 Å². The first-order valence-electron chi connectivity index (χ1n) is 6.58. The molecule has 0 saturated heterocycles. The van der Waals surface area contributed by atoms with Crippen molar-refractivity contribution in [3.63, 3.8) is 0 Å². The predicted octanol–water partition coefficient (Wildman–Crippen LogP) is 2.43. The lowest BCUT2D eigenvalue weighted by molar-refractivity contribution is 0.0601. The van der Waals surface area contributed by atoms with E-state index in [1.54, 1.807) is 24.3 Å². The van der Waals surface area contributed by atoms with Crippen molar-refractivity contribution in [3.8, 4) is 0 Å². The maximum Gasteiger partial charge on any atom is 0.340 e. The van der Waals surface area contributed by atoms with Crippen LogP contribution in [0, 0.1) is 0 Å². The topological polar surface area (TPSA) is 63.7 Å². The lowest BCUT2D eigenvalue weighted by atomic mass is 10.2. The van der Waals surface area contributed by atoms with E-state index in [0.29, 0.717) is 12.1 Å². The molecule has 1 rings (SSSR count). The molecular formula is C14H21NO4S. The van der Waals surface area contributed by atoms with E-state index in [1.807, 2.05) is 6.92 Å². The third-order valence-corrected chi connectivity index (χ3v) is 4.91. The van der Waals surface area contributed by atoms with Crippen molar-refractivity contribution in [2.75, 3.05) is 24.2 Å². The molecule has 112 valence electrons. The minimum Gasteiger partial charge on any atom is -0.465 e. The number of ether oxygens (including phenoxy) is 1. The molecule has 0 atom stereocenters. The highest BCUT2D eigenvalue weighted by Crippen LogP contribution is 2.23. The van der Waals surface area contributed by atoms with Crippen LogP contribution >= 0.6 is 0 Å². The highest BCUT2D eigenvalue weighted by molar-refractivity contribution is 7.92. The van der Waals surface area contributed by atoms with Crippen LogP contribution in [0.2, 0.25) is 0 Å². The van der Waals surface area contributed by atoms with Gasteiger partial charge < -0.3 is 4.74 Å². The van der Waals surface area contributed by atoms with Gasteiger partial charge in [-0.3, -0.25) is 4.31 Å². The van der Waals surface area contributed by atoms with Gasteiger partial charge in [-0.2, -0.15) is 0 Å². The molecule has 0 amide bonds. The predicted molar refractivity (Wildman–Crippen MR) is 79.5 cm³/mol. The molecule has 1 aromatic carbocycles. The summed E-state index contributed by atoms with van der Waals surface area (Å²) in [6, 6.07) is 6.52. The first-order valence-corrected chi connectivity index (χ1v) is 8.19. The van der Waals surface area contributed by atoms with Gasteiger partial charge in [0, 0.05) is 7.05 Å². The molecule has 0 fully saturated rings. The number of rotatable bonds is 7. The number of unbranched alkanes of at least 4 members (excludes halogenated alkanes) is 2. The molecule has 0 bridgehead atoms. The van der Waals surface area contributed by atoms with Gasteiger partial charge in [-0.1, -0.05) is 31.9 Å². The van der Waals surface area contributed by atoms with E-state index in [4.69, 9.17) is 0 Å². The van der Waals surface area contributed by atoms with E-state index < -0.39 is 16.0 Å². The van der Waals surface area contributed by atoms with Crippen LogP contribution in [0.3, 0.4) is 0 Å². The van der Waals surface area contributed by atoms with Crippen molar-refractivity contribution in [3.05, 3.63) is 29.8 Å². The van der Waals surface area contributed by atoms with Crippen LogP contribution in [-0.4, -0.2) is 34.3 Å². The Morgan fingerprint density at radius 3 is 2.50 bits per heavy atom. The Bertz CT molecular complexity index is 554. The second kappa shape index (κ2) is 7.28. The van der Waals surface area contributed by atoms with Crippen molar-refractivity contribution >= 4 is 21.7 Å². The highest BCUT2D eigenvalue weighted by Gasteiger charge is 2.22. The Morgan fingerprint density at radius 2 is 1.90 bits per heavy atom. The SMILES string of the molecule is CCCCCS(=O)(=O)N(C)c1ccccc1C(=O)OC. The van der Waals surface area contributed by atoms with Crippen molar-refractivity contribution in [1.29, 1.82) is 0 Å². The lowest BCUT2D eigenvalue weighted by Crippen LogP contribution is -2.30. The summed E-state index contributed by atoms with van der Waals surface area (Å²) < 4.78 is 30.3. The standard InChI is InChI=1S/C14H21NO4S/c1-4-5-8-11-20(17,18)15(2)13-10-7-6-9-12(13)14(16)19-3/h6-7,9-10H,4-5,8,11H2,1-3H3. The van der Waals surface area contributed by atoms with E-state index >= 15 is 0 Å². The van der Waals surface area contributed by atoms with Gasteiger partial charge in [-0.25, -0.2) is 13.2 Å². The Kier molecular flexibility index (Phi) is 6.01. The molecule has 5 nitrogen and oxygen atoms in total. The smallest absolute Gasteiger partial charge is 0.340 e. The third-order valence-electron chi connectivity index (χ3n) is 3.07. The van der Waals surface area contributed by atoms with Crippen molar-refractivity contribution in [2.45, 2.75) is 26.2 Å². The second-order valence-corrected chi connectivity index (χ2v) is 6.62. The Balaban J connectivity index is 3.02. The molecule has 0 N–H and O–H groups in total. The van der Waals surface area contributed by atoms with Crippen LogP contribution in [-0.2, 0) is 14.8 Å². The van der Waals surface area contributed by atoms with Crippen LogP contribution in [0.1, 0.15) is 36.5 Å².